The highest BCUT2D eigenvalue weighted by atomic mass is 32.2. The molecule has 0 saturated carbocycles. The number of hydrogen-bond acceptors (Lipinski definition) is 5. The predicted octanol–water partition coefficient (Wildman–Crippen LogP) is 4.61. The summed E-state index contributed by atoms with van der Waals surface area (Å²) >= 11 is 0.763. The molecular weight excluding hydrogens is 445 g/mol. The summed E-state index contributed by atoms with van der Waals surface area (Å²) in [5.41, 5.74) is 2.59. The number of carbonyl (C=O) groups excluding carboxylic acids is 3. The van der Waals surface area contributed by atoms with E-state index < -0.39 is 29.4 Å². The van der Waals surface area contributed by atoms with Gasteiger partial charge in [-0.15, -0.1) is 0 Å². The molecule has 1 aliphatic heterocycles. The lowest BCUT2D eigenvalue weighted by molar-refractivity contribution is -0.127. The molecule has 1 aromatic heterocycles. The number of nitrogens with one attached hydrogen (secondary N) is 1. The molecule has 0 radical (unpaired) electrons. The van der Waals surface area contributed by atoms with Gasteiger partial charge in [-0.25, -0.2) is 4.39 Å². The lowest BCUT2D eigenvalue weighted by Crippen LogP contribution is -2.36. The third-order valence-corrected chi connectivity index (χ3v) is 5.91. The number of imide groups is 1. The number of carbonyl (C=O) groups is 3. The van der Waals surface area contributed by atoms with Gasteiger partial charge < -0.3 is 14.6 Å². The monoisotopic (exact) mass is 465 g/mol. The van der Waals surface area contributed by atoms with Crippen LogP contribution in [0.3, 0.4) is 0 Å². The zero-order chi connectivity index (χ0) is 23.5. The second kappa shape index (κ2) is 9.33. The third-order valence-electron chi connectivity index (χ3n) is 5.01. The molecule has 168 valence electrons. The highest BCUT2D eigenvalue weighted by Crippen LogP contribution is 2.32. The Labute approximate surface area is 193 Å². The lowest BCUT2D eigenvalue weighted by atomic mass is 10.2. The van der Waals surface area contributed by atoms with Crippen LogP contribution in [-0.2, 0) is 9.59 Å². The van der Waals surface area contributed by atoms with E-state index in [2.05, 4.69) is 5.32 Å². The van der Waals surface area contributed by atoms with Crippen LogP contribution < -0.4 is 10.1 Å². The van der Waals surface area contributed by atoms with E-state index in [1.807, 2.05) is 48.0 Å². The first-order valence-electron chi connectivity index (χ1n) is 9.99. The molecule has 3 aromatic rings. The first-order chi connectivity index (χ1) is 15.9. The number of thioether (sulfide) groups is 1. The minimum atomic E-state index is -0.662. The van der Waals surface area contributed by atoms with Crippen LogP contribution in [-0.4, -0.2) is 40.2 Å². The Morgan fingerprint density at radius 1 is 1.15 bits per heavy atom. The van der Waals surface area contributed by atoms with Gasteiger partial charge in [-0.3, -0.25) is 19.3 Å². The number of hydrogen-bond donors (Lipinski definition) is 1. The molecule has 33 heavy (non-hydrogen) atoms. The van der Waals surface area contributed by atoms with Crippen LogP contribution in [0, 0.1) is 12.7 Å². The number of rotatable bonds is 6. The first kappa shape index (κ1) is 22.3. The zero-order valence-corrected chi connectivity index (χ0v) is 18.7. The molecule has 9 heteroatoms. The van der Waals surface area contributed by atoms with E-state index in [0.717, 1.165) is 39.4 Å². The number of halogens is 1. The fourth-order valence-corrected chi connectivity index (χ4v) is 4.22. The molecule has 3 amide bonds. The normalized spacial score (nSPS) is 14.8. The molecule has 4 rings (SSSR count). The van der Waals surface area contributed by atoms with Gasteiger partial charge in [0.1, 0.15) is 18.1 Å². The van der Waals surface area contributed by atoms with Crippen molar-refractivity contribution in [3.05, 3.63) is 82.8 Å². The Kier molecular flexibility index (Phi) is 6.32. The third kappa shape index (κ3) is 4.83. The van der Waals surface area contributed by atoms with Crippen LogP contribution in [0.1, 0.15) is 11.3 Å². The minimum Gasteiger partial charge on any atom is -0.497 e. The second-order valence-corrected chi connectivity index (χ2v) is 8.27. The quantitative estimate of drug-likeness (QED) is 0.538. The average Bonchev–Trinajstić information content (AvgIpc) is 3.29. The van der Waals surface area contributed by atoms with Crippen molar-refractivity contribution < 1.29 is 23.5 Å². The summed E-state index contributed by atoms with van der Waals surface area (Å²) in [6, 6.07) is 15.1. The maximum absolute atomic E-state index is 13.7. The van der Waals surface area contributed by atoms with Crippen molar-refractivity contribution >= 4 is 40.6 Å². The molecule has 0 spiro atoms. The summed E-state index contributed by atoms with van der Waals surface area (Å²) in [5, 5.41) is 1.82. The highest BCUT2D eigenvalue weighted by Gasteiger charge is 2.36. The SMILES string of the molecule is COc1ccc(-n2cc(/C=C3/SC(=O)N(CC(=O)Nc4ccccc4F)C3=O)cc2C)cc1. The van der Waals surface area contributed by atoms with Gasteiger partial charge in [-0.2, -0.15) is 0 Å². The average molecular weight is 466 g/mol. The van der Waals surface area contributed by atoms with E-state index in [0.29, 0.717) is 0 Å². The molecule has 1 aliphatic rings. The van der Waals surface area contributed by atoms with Gasteiger partial charge in [0.25, 0.3) is 11.1 Å². The van der Waals surface area contributed by atoms with Gasteiger partial charge in [0.2, 0.25) is 5.91 Å². The number of benzene rings is 2. The van der Waals surface area contributed by atoms with Crippen LogP contribution in [0.25, 0.3) is 11.8 Å². The minimum absolute atomic E-state index is 0.0136. The van der Waals surface area contributed by atoms with Crippen molar-refractivity contribution in [2.45, 2.75) is 6.92 Å². The number of aromatic nitrogens is 1. The maximum Gasteiger partial charge on any atom is 0.294 e. The summed E-state index contributed by atoms with van der Waals surface area (Å²) in [5.74, 6) is -1.08. The van der Waals surface area contributed by atoms with Gasteiger partial charge in [0.15, 0.2) is 0 Å². The summed E-state index contributed by atoms with van der Waals surface area (Å²) in [7, 11) is 1.60. The van der Waals surface area contributed by atoms with Crippen LogP contribution in [0.15, 0.2) is 65.7 Å². The van der Waals surface area contributed by atoms with E-state index in [4.69, 9.17) is 4.74 Å². The summed E-state index contributed by atoms with van der Waals surface area (Å²) < 4.78 is 20.9. The van der Waals surface area contributed by atoms with Crippen molar-refractivity contribution in [2.75, 3.05) is 19.0 Å². The zero-order valence-electron chi connectivity index (χ0n) is 17.9. The van der Waals surface area contributed by atoms with Crippen molar-refractivity contribution in [3.8, 4) is 11.4 Å². The number of para-hydroxylation sites is 1. The fraction of sp³-hybridized carbons (Fsp3) is 0.125. The maximum atomic E-state index is 13.7. The first-order valence-corrected chi connectivity index (χ1v) is 10.8. The molecule has 0 bridgehead atoms. The Morgan fingerprint density at radius 2 is 1.88 bits per heavy atom. The van der Waals surface area contributed by atoms with E-state index in [-0.39, 0.29) is 10.6 Å². The molecule has 7 nitrogen and oxygen atoms in total. The lowest BCUT2D eigenvalue weighted by Gasteiger charge is -2.12. The smallest absolute Gasteiger partial charge is 0.294 e. The van der Waals surface area contributed by atoms with E-state index in [9.17, 15) is 18.8 Å². The van der Waals surface area contributed by atoms with Crippen molar-refractivity contribution in [1.82, 2.24) is 9.47 Å². The second-order valence-electron chi connectivity index (χ2n) is 7.28. The van der Waals surface area contributed by atoms with Gasteiger partial charge in [0, 0.05) is 17.6 Å². The van der Waals surface area contributed by atoms with Gasteiger partial charge >= 0.3 is 0 Å². The van der Waals surface area contributed by atoms with E-state index in [1.54, 1.807) is 19.3 Å². The Balaban J connectivity index is 1.48. The van der Waals surface area contributed by atoms with Crippen molar-refractivity contribution in [1.29, 1.82) is 0 Å². The van der Waals surface area contributed by atoms with Crippen LogP contribution >= 0.6 is 11.8 Å². The van der Waals surface area contributed by atoms with Crippen LogP contribution in [0.4, 0.5) is 14.9 Å². The van der Waals surface area contributed by atoms with Gasteiger partial charge in [0.05, 0.1) is 17.7 Å². The summed E-state index contributed by atoms with van der Waals surface area (Å²) in [6.45, 7) is 1.43. The predicted molar refractivity (Wildman–Crippen MR) is 125 cm³/mol. The molecule has 2 aromatic carbocycles. The number of anilines is 1. The highest BCUT2D eigenvalue weighted by molar-refractivity contribution is 8.18. The molecule has 1 fully saturated rings. The largest absolute Gasteiger partial charge is 0.497 e. The molecule has 1 saturated heterocycles. The van der Waals surface area contributed by atoms with Crippen LogP contribution in [0.2, 0.25) is 0 Å². The standard InChI is InChI=1S/C24H20FN3O4S/c1-15-11-16(13-27(15)17-7-9-18(32-2)10-8-17)12-21-23(30)28(24(31)33-21)14-22(29)26-20-6-4-3-5-19(20)25/h3-13H,14H2,1-2H3,(H,26,29)/b21-12+. The van der Waals surface area contributed by atoms with Gasteiger partial charge in [-0.1, -0.05) is 12.1 Å². The molecule has 2 heterocycles. The molecule has 0 aliphatic carbocycles. The van der Waals surface area contributed by atoms with Gasteiger partial charge in [-0.05, 0) is 72.8 Å². The number of nitrogens with zero attached hydrogens (tertiary/aromatic N) is 2. The molecular formula is C24H20FN3O4S. The Bertz CT molecular complexity index is 1270. The molecule has 1 N–H and O–H groups in total. The van der Waals surface area contributed by atoms with Crippen molar-refractivity contribution in [2.24, 2.45) is 0 Å². The number of methoxy groups -OCH3 is 1. The molecule has 0 atom stereocenters. The Morgan fingerprint density at radius 3 is 2.58 bits per heavy atom. The number of ether oxygens (including phenoxy) is 1. The Hall–Kier alpha value is -3.85. The molecule has 0 unspecified atom stereocenters. The van der Waals surface area contributed by atoms with Crippen LogP contribution in [0.5, 0.6) is 5.75 Å². The fourth-order valence-electron chi connectivity index (χ4n) is 3.38. The topological polar surface area (TPSA) is 80.6 Å². The van der Waals surface area contributed by atoms with E-state index in [1.165, 1.54) is 18.2 Å². The van der Waals surface area contributed by atoms with E-state index >= 15 is 0 Å². The summed E-state index contributed by atoms with van der Waals surface area (Å²) in [4.78, 5) is 38.4. The number of aryl methyl sites for hydroxylation is 1. The number of amides is 3. The van der Waals surface area contributed by atoms with Crippen molar-refractivity contribution in [3.63, 3.8) is 0 Å². The summed E-state index contributed by atoms with van der Waals surface area (Å²) in [6.07, 6.45) is 3.47.